The van der Waals surface area contributed by atoms with Crippen molar-refractivity contribution in [2.45, 2.75) is 27.2 Å². The molecular weight excluding hydrogens is 190 g/mol. The van der Waals surface area contributed by atoms with E-state index in [9.17, 15) is 4.79 Å². The van der Waals surface area contributed by atoms with Gasteiger partial charge in [-0.15, -0.1) is 11.6 Å². The molecule has 0 aliphatic rings. The molecule has 0 aromatic carbocycles. The van der Waals surface area contributed by atoms with Gasteiger partial charge in [0.2, 0.25) is 0 Å². The predicted octanol–water partition coefficient (Wildman–Crippen LogP) is 2.64. The second-order valence-corrected chi connectivity index (χ2v) is 4.69. The first kappa shape index (κ1) is 12.6. The Bertz CT molecular complexity index is 165. The van der Waals surface area contributed by atoms with Crippen molar-refractivity contribution in [3.8, 4) is 0 Å². The Morgan fingerprint density at radius 3 is 2.31 bits per heavy atom. The molecule has 1 N–H and O–H groups in total. The number of halogens is 1. The molecule has 4 heteroatoms. The summed E-state index contributed by atoms with van der Waals surface area (Å²) in [5.41, 5.74) is 0.00467. The zero-order valence-electron chi connectivity index (χ0n) is 8.51. The van der Waals surface area contributed by atoms with Gasteiger partial charge >= 0.3 is 6.09 Å². The van der Waals surface area contributed by atoms with Gasteiger partial charge in [-0.25, -0.2) is 4.79 Å². The van der Waals surface area contributed by atoms with Crippen molar-refractivity contribution in [2.75, 3.05) is 19.0 Å². The summed E-state index contributed by atoms with van der Waals surface area (Å²) >= 11 is 5.50. The summed E-state index contributed by atoms with van der Waals surface area (Å²) in [5.74, 6) is 0.508. The Labute approximate surface area is 84.7 Å². The smallest absolute Gasteiger partial charge is 0.407 e. The lowest BCUT2D eigenvalue weighted by atomic mass is 9.96. The minimum absolute atomic E-state index is 0.00467. The van der Waals surface area contributed by atoms with Crippen LogP contribution in [0.25, 0.3) is 0 Å². The van der Waals surface area contributed by atoms with Gasteiger partial charge < -0.3 is 10.0 Å². The van der Waals surface area contributed by atoms with Gasteiger partial charge in [-0.05, 0) is 11.8 Å². The fourth-order valence-corrected chi connectivity index (χ4v) is 1.19. The molecule has 0 bridgehead atoms. The lowest BCUT2D eigenvalue weighted by Crippen LogP contribution is -2.37. The van der Waals surface area contributed by atoms with Crippen LogP contribution in [0.2, 0.25) is 0 Å². The molecule has 0 aromatic heterocycles. The molecule has 0 aromatic rings. The molecule has 1 amide bonds. The van der Waals surface area contributed by atoms with E-state index in [2.05, 4.69) is 0 Å². The number of carboxylic acid groups (broad SMARTS) is 1. The number of carbonyl (C=O) groups is 1. The Balaban J connectivity index is 4.03. The topological polar surface area (TPSA) is 40.5 Å². The van der Waals surface area contributed by atoms with Crippen molar-refractivity contribution >= 4 is 17.7 Å². The molecule has 0 heterocycles. The van der Waals surface area contributed by atoms with Crippen LogP contribution in [0.4, 0.5) is 4.79 Å². The van der Waals surface area contributed by atoms with Gasteiger partial charge in [-0.1, -0.05) is 20.8 Å². The molecule has 0 saturated heterocycles. The normalized spacial score (nSPS) is 11.4. The van der Waals surface area contributed by atoms with E-state index in [1.807, 2.05) is 20.8 Å². The molecular formula is C9H18ClNO2. The van der Waals surface area contributed by atoms with Gasteiger partial charge in [-0.3, -0.25) is 0 Å². The average molecular weight is 208 g/mol. The molecule has 0 aliphatic carbocycles. The van der Waals surface area contributed by atoms with Crippen molar-refractivity contribution in [3.63, 3.8) is 0 Å². The monoisotopic (exact) mass is 207 g/mol. The lowest BCUT2D eigenvalue weighted by molar-refractivity contribution is 0.126. The highest BCUT2D eigenvalue weighted by Gasteiger charge is 2.19. The first-order chi connectivity index (χ1) is 5.87. The van der Waals surface area contributed by atoms with Crippen molar-refractivity contribution in [1.29, 1.82) is 0 Å². The van der Waals surface area contributed by atoms with Crippen molar-refractivity contribution in [3.05, 3.63) is 0 Å². The third kappa shape index (κ3) is 6.70. The van der Waals surface area contributed by atoms with E-state index in [1.165, 1.54) is 4.90 Å². The molecule has 13 heavy (non-hydrogen) atoms. The highest BCUT2D eigenvalue weighted by molar-refractivity contribution is 6.17. The van der Waals surface area contributed by atoms with E-state index in [0.29, 0.717) is 25.4 Å². The van der Waals surface area contributed by atoms with Crippen LogP contribution in [0.5, 0.6) is 0 Å². The third-order valence-electron chi connectivity index (χ3n) is 1.50. The minimum atomic E-state index is -0.861. The zero-order chi connectivity index (χ0) is 10.5. The highest BCUT2D eigenvalue weighted by atomic mass is 35.5. The van der Waals surface area contributed by atoms with Crippen molar-refractivity contribution < 1.29 is 9.90 Å². The molecule has 0 atom stereocenters. The second kappa shape index (κ2) is 5.32. The van der Waals surface area contributed by atoms with Gasteiger partial charge in [0.05, 0.1) is 0 Å². The Kier molecular flexibility index (Phi) is 5.14. The number of rotatable bonds is 4. The largest absolute Gasteiger partial charge is 0.465 e. The minimum Gasteiger partial charge on any atom is -0.465 e. The molecule has 0 radical (unpaired) electrons. The van der Waals surface area contributed by atoms with Crippen LogP contribution in [-0.4, -0.2) is 35.1 Å². The van der Waals surface area contributed by atoms with E-state index < -0.39 is 6.09 Å². The number of alkyl halides is 1. The van der Waals surface area contributed by atoms with Crippen molar-refractivity contribution in [2.24, 2.45) is 5.41 Å². The van der Waals surface area contributed by atoms with Gasteiger partial charge in [0.15, 0.2) is 0 Å². The number of hydrogen-bond acceptors (Lipinski definition) is 1. The second-order valence-electron chi connectivity index (χ2n) is 4.31. The van der Waals surface area contributed by atoms with Crippen LogP contribution >= 0.6 is 11.6 Å². The van der Waals surface area contributed by atoms with Crippen molar-refractivity contribution in [1.82, 2.24) is 4.90 Å². The van der Waals surface area contributed by atoms with Crippen LogP contribution < -0.4 is 0 Å². The molecule has 0 fully saturated rings. The van der Waals surface area contributed by atoms with E-state index in [1.54, 1.807) is 0 Å². The molecule has 78 valence electrons. The number of hydrogen-bond donors (Lipinski definition) is 1. The van der Waals surface area contributed by atoms with Gasteiger partial charge in [-0.2, -0.15) is 0 Å². The maximum Gasteiger partial charge on any atom is 0.407 e. The number of nitrogens with zero attached hydrogens (tertiary/aromatic N) is 1. The van der Waals surface area contributed by atoms with E-state index in [0.717, 1.165) is 0 Å². The predicted molar refractivity (Wildman–Crippen MR) is 54.4 cm³/mol. The molecule has 0 rings (SSSR count). The zero-order valence-corrected chi connectivity index (χ0v) is 9.26. The molecule has 3 nitrogen and oxygen atoms in total. The van der Waals surface area contributed by atoms with Crippen LogP contribution in [0, 0.1) is 5.41 Å². The quantitative estimate of drug-likeness (QED) is 0.720. The summed E-state index contributed by atoms with van der Waals surface area (Å²) < 4.78 is 0. The summed E-state index contributed by atoms with van der Waals surface area (Å²) in [6, 6.07) is 0. The third-order valence-corrected chi connectivity index (χ3v) is 1.76. The molecule has 0 unspecified atom stereocenters. The first-order valence-corrected chi connectivity index (χ1v) is 4.94. The maximum atomic E-state index is 10.8. The van der Waals surface area contributed by atoms with Gasteiger partial charge in [0, 0.05) is 19.0 Å². The average Bonchev–Trinajstić information content (AvgIpc) is 1.95. The van der Waals surface area contributed by atoms with Crippen LogP contribution in [0.1, 0.15) is 27.2 Å². The fourth-order valence-electron chi connectivity index (χ4n) is 1.07. The summed E-state index contributed by atoms with van der Waals surface area (Å²) in [7, 11) is 0. The molecule has 0 spiro atoms. The van der Waals surface area contributed by atoms with E-state index in [-0.39, 0.29) is 5.41 Å². The Morgan fingerprint density at radius 2 is 2.00 bits per heavy atom. The summed E-state index contributed by atoms with van der Waals surface area (Å²) in [6.07, 6.45) is -0.149. The van der Waals surface area contributed by atoms with Gasteiger partial charge in [0.25, 0.3) is 0 Å². The summed E-state index contributed by atoms with van der Waals surface area (Å²) in [5, 5.41) is 8.85. The Morgan fingerprint density at radius 1 is 1.46 bits per heavy atom. The standard InChI is InChI=1S/C9H18ClNO2/c1-9(2,3)7-11(8(12)13)6-4-5-10/h4-7H2,1-3H3,(H,12,13). The Hall–Kier alpha value is -0.440. The molecule has 0 aliphatic heterocycles. The van der Waals surface area contributed by atoms with Crippen LogP contribution in [0.3, 0.4) is 0 Å². The summed E-state index contributed by atoms with van der Waals surface area (Å²) in [6.45, 7) is 7.13. The SMILES string of the molecule is CC(C)(C)CN(CCCCl)C(=O)O. The lowest BCUT2D eigenvalue weighted by Gasteiger charge is -2.27. The number of amides is 1. The molecule has 0 saturated carbocycles. The fraction of sp³-hybridized carbons (Fsp3) is 0.889. The van der Waals surface area contributed by atoms with E-state index >= 15 is 0 Å². The van der Waals surface area contributed by atoms with Crippen LogP contribution in [-0.2, 0) is 0 Å². The van der Waals surface area contributed by atoms with E-state index in [4.69, 9.17) is 16.7 Å². The van der Waals surface area contributed by atoms with Gasteiger partial charge in [0.1, 0.15) is 0 Å². The first-order valence-electron chi connectivity index (χ1n) is 4.40. The maximum absolute atomic E-state index is 10.8. The van der Waals surface area contributed by atoms with Crippen LogP contribution in [0.15, 0.2) is 0 Å². The summed E-state index contributed by atoms with van der Waals surface area (Å²) in [4.78, 5) is 12.2. The highest BCUT2D eigenvalue weighted by Crippen LogP contribution is 2.15.